The first-order chi connectivity index (χ1) is 6.34. The van der Waals surface area contributed by atoms with E-state index in [1.165, 1.54) is 18.6 Å². The smallest absolute Gasteiger partial charge is 0.237 e. The normalized spacial score (nSPS) is 17.0. The first-order valence-corrected chi connectivity index (χ1v) is 6.21. The van der Waals surface area contributed by atoms with Crippen LogP contribution in [0.1, 0.15) is 19.3 Å². The highest BCUT2D eigenvalue weighted by atomic mass is 32.2. The fourth-order valence-electron chi connectivity index (χ4n) is 1.43. The Morgan fingerprint density at radius 2 is 2.31 bits per heavy atom. The molecule has 0 atom stereocenters. The van der Waals surface area contributed by atoms with E-state index in [1.54, 1.807) is 0 Å². The predicted molar refractivity (Wildman–Crippen MR) is 56.8 cm³/mol. The van der Waals surface area contributed by atoms with Crippen LogP contribution in [0.2, 0.25) is 0 Å². The Labute approximate surface area is 84.2 Å². The number of rotatable bonds is 6. The van der Waals surface area contributed by atoms with E-state index in [0.29, 0.717) is 6.54 Å². The van der Waals surface area contributed by atoms with E-state index >= 15 is 0 Å². The number of amides is 1. The van der Waals surface area contributed by atoms with Gasteiger partial charge < -0.3 is 4.90 Å². The summed E-state index contributed by atoms with van der Waals surface area (Å²) in [5.41, 5.74) is 0. The molecule has 0 aromatic heterocycles. The van der Waals surface area contributed by atoms with Crippen molar-refractivity contribution in [1.29, 1.82) is 0 Å². The van der Waals surface area contributed by atoms with Crippen LogP contribution in [0.3, 0.4) is 0 Å². The molecule has 3 nitrogen and oxygen atoms in total. The molecule has 1 fully saturated rings. The number of nitrogens with zero attached hydrogens (tertiary/aromatic N) is 1. The lowest BCUT2D eigenvalue weighted by Crippen LogP contribution is -2.27. The SMILES string of the molecule is CSCCCCCN1CNCC1=O. The molecule has 1 aliphatic heterocycles. The second-order valence-electron chi connectivity index (χ2n) is 3.30. The van der Waals surface area contributed by atoms with Crippen LogP contribution >= 0.6 is 11.8 Å². The van der Waals surface area contributed by atoms with Crippen molar-refractivity contribution in [3.05, 3.63) is 0 Å². The second kappa shape index (κ2) is 6.27. The van der Waals surface area contributed by atoms with Crippen molar-refractivity contribution in [2.45, 2.75) is 19.3 Å². The van der Waals surface area contributed by atoms with Gasteiger partial charge in [0.2, 0.25) is 5.91 Å². The third-order valence-corrected chi connectivity index (χ3v) is 2.91. The molecule has 0 unspecified atom stereocenters. The Kier molecular flexibility index (Phi) is 5.23. The van der Waals surface area contributed by atoms with Crippen molar-refractivity contribution >= 4 is 17.7 Å². The van der Waals surface area contributed by atoms with Crippen LogP contribution in [0.25, 0.3) is 0 Å². The fraction of sp³-hybridized carbons (Fsp3) is 0.889. The monoisotopic (exact) mass is 202 g/mol. The Balaban J connectivity index is 1.96. The van der Waals surface area contributed by atoms with Crippen LogP contribution in [0.5, 0.6) is 0 Å². The molecular weight excluding hydrogens is 184 g/mol. The molecule has 1 saturated heterocycles. The lowest BCUT2D eigenvalue weighted by Gasteiger charge is -2.13. The van der Waals surface area contributed by atoms with Gasteiger partial charge in [0.25, 0.3) is 0 Å². The van der Waals surface area contributed by atoms with Gasteiger partial charge in [-0.05, 0) is 24.9 Å². The number of hydrogen-bond donors (Lipinski definition) is 1. The third kappa shape index (κ3) is 4.00. The van der Waals surface area contributed by atoms with Crippen LogP contribution in [0.4, 0.5) is 0 Å². The maximum atomic E-state index is 11.2. The van der Waals surface area contributed by atoms with Gasteiger partial charge in [-0.1, -0.05) is 6.42 Å². The molecule has 1 rings (SSSR count). The van der Waals surface area contributed by atoms with Gasteiger partial charge in [0.15, 0.2) is 0 Å². The zero-order valence-corrected chi connectivity index (χ0v) is 9.03. The Hall–Kier alpha value is -0.220. The standard InChI is InChI=1S/C9H18N2OS/c1-13-6-4-2-3-5-11-8-10-7-9(11)12/h10H,2-8H2,1H3. The van der Waals surface area contributed by atoms with Gasteiger partial charge in [-0.2, -0.15) is 11.8 Å². The molecule has 1 aliphatic rings. The van der Waals surface area contributed by atoms with Gasteiger partial charge in [0.05, 0.1) is 13.2 Å². The molecule has 1 heterocycles. The molecule has 0 aromatic carbocycles. The molecule has 76 valence electrons. The van der Waals surface area contributed by atoms with Crippen molar-refractivity contribution in [3.63, 3.8) is 0 Å². The van der Waals surface area contributed by atoms with Gasteiger partial charge in [0.1, 0.15) is 0 Å². The third-order valence-electron chi connectivity index (χ3n) is 2.21. The highest BCUT2D eigenvalue weighted by Gasteiger charge is 2.17. The van der Waals surface area contributed by atoms with E-state index in [0.717, 1.165) is 19.6 Å². The molecule has 0 radical (unpaired) electrons. The van der Waals surface area contributed by atoms with Gasteiger partial charge in [-0.15, -0.1) is 0 Å². The number of nitrogens with one attached hydrogen (secondary N) is 1. The molecule has 0 saturated carbocycles. The zero-order valence-electron chi connectivity index (χ0n) is 8.21. The summed E-state index contributed by atoms with van der Waals surface area (Å²) < 4.78 is 0. The topological polar surface area (TPSA) is 32.3 Å². The van der Waals surface area contributed by atoms with Gasteiger partial charge in [0, 0.05) is 6.54 Å². The van der Waals surface area contributed by atoms with Crippen LogP contribution in [-0.4, -0.2) is 42.6 Å². The number of carbonyl (C=O) groups excluding carboxylic acids is 1. The lowest BCUT2D eigenvalue weighted by atomic mass is 10.2. The summed E-state index contributed by atoms with van der Waals surface area (Å²) in [5.74, 6) is 1.50. The molecule has 0 spiro atoms. The second-order valence-corrected chi connectivity index (χ2v) is 4.28. The van der Waals surface area contributed by atoms with E-state index in [9.17, 15) is 4.79 Å². The van der Waals surface area contributed by atoms with Crippen molar-refractivity contribution < 1.29 is 4.79 Å². The highest BCUT2D eigenvalue weighted by molar-refractivity contribution is 7.98. The molecule has 1 N–H and O–H groups in total. The largest absolute Gasteiger partial charge is 0.329 e. The molecule has 0 bridgehead atoms. The van der Waals surface area contributed by atoms with Crippen molar-refractivity contribution in [1.82, 2.24) is 10.2 Å². The van der Waals surface area contributed by atoms with Gasteiger partial charge in [-0.25, -0.2) is 0 Å². The summed E-state index contributed by atoms with van der Waals surface area (Å²) in [6.45, 7) is 2.21. The molecule has 0 aromatic rings. The summed E-state index contributed by atoms with van der Waals surface area (Å²) in [5, 5.41) is 3.05. The van der Waals surface area contributed by atoms with E-state index in [2.05, 4.69) is 11.6 Å². The van der Waals surface area contributed by atoms with Gasteiger partial charge in [-0.3, -0.25) is 10.1 Å². The first kappa shape index (κ1) is 10.9. The van der Waals surface area contributed by atoms with Crippen LogP contribution in [0, 0.1) is 0 Å². The van der Waals surface area contributed by atoms with E-state index in [-0.39, 0.29) is 5.91 Å². The van der Waals surface area contributed by atoms with Crippen LogP contribution < -0.4 is 5.32 Å². The maximum Gasteiger partial charge on any atom is 0.237 e. The van der Waals surface area contributed by atoms with E-state index in [4.69, 9.17) is 0 Å². The number of unbranched alkanes of at least 4 members (excludes halogenated alkanes) is 2. The summed E-state index contributed by atoms with van der Waals surface area (Å²) in [6.07, 6.45) is 5.79. The minimum absolute atomic E-state index is 0.255. The maximum absolute atomic E-state index is 11.2. The van der Waals surface area contributed by atoms with Crippen molar-refractivity contribution in [3.8, 4) is 0 Å². The van der Waals surface area contributed by atoms with E-state index in [1.807, 2.05) is 16.7 Å². The quantitative estimate of drug-likeness (QED) is 0.650. The summed E-state index contributed by atoms with van der Waals surface area (Å²) in [4.78, 5) is 13.1. The summed E-state index contributed by atoms with van der Waals surface area (Å²) >= 11 is 1.89. The van der Waals surface area contributed by atoms with Crippen molar-refractivity contribution in [2.75, 3.05) is 31.8 Å². The van der Waals surface area contributed by atoms with Crippen molar-refractivity contribution in [2.24, 2.45) is 0 Å². The number of thioether (sulfide) groups is 1. The lowest BCUT2D eigenvalue weighted by molar-refractivity contribution is -0.126. The van der Waals surface area contributed by atoms with Crippen LogP contribution in [-0.2, 0) is 4.79 Å². The fourth-order valence-corrected chi connectivity index (χ4v) is 1.92. The molecule has 1 amide bonds. The Morgan fingerprint density at radius 1 is 1.46 bits per heavy atom. The Bertz CT molecular complexity index is 164. The van der Waals surface area contributed by atoms with E-state index < -0.39 is 0 Å². The Morgan fingerprint density at radius 3 is 2.92 bits per heavy atom. The predicted octanol–water partition coefficient (Wildman–Crippen LogP) is 0.909. The zero-order chi connectivity index (χ0) is 9.52. The summed E-state index contributed by atoms with van der Waals surface area (Å²) in [7, 11) is 0. The first-order valence-electron chi connectivity index (χ1n) is 4.82. The highest BCUT2D eigenvalue weighted by Crippen LogP contribution is 2.04. The average Bonchev–Trinajstić information content (AvgIpc) is 2.52. The summed E-state index contributed by atoms with van der Waals surface area (Å²) in [6, 6.07) is 0. The average molecular weight is 202 g/mol. The molecule has 0 aliphatic carbocycles. The molecule has 13 heavy (non-hydrogen) atoms. The van der Waals surface area contributed by atoms with Crippen LogP contribution in [0.15, 0.2) is 0 Å². The van der Waals surface area contributed by atoms with Gasteiger partial charge >= 0.3 is 0 Å². The number of hydrogen-bond acceptors (Lipinski definition) is 3. The minimum Gasteiger partial charge on any atom is -0.329 e. The number of carbonyl (C=O) groups is 1. The minimum atomic E-state index is 0.255. The molecular formula is C9H18N2OS. The molecule has 4 heteroatoms.